The summed E-state index contributed by atoms with van der Waals surface area (Å²) in [5.41, 5.74) is 0. The molecule has 0 unspecified atom stereocenters. The molecule has 0 spiro atoms. The molecule has 1 N–H and O–H groups in total. The molecular formula is C11H18N4O3S. The molecule has 1 aliphatic rings. The monoisotopic (exact) mass is 286 g/mol. The van der Waals surface area contributed by atoms with E-state index in [0.717, 1.165) is 18.9 Å². The third-order valence-electron chi connectivity index (χ3n) is 2.77. The van der Waals surface area contributed by atoms with Gasteiger partial charge in [-0.15, -0.1) is 0 Å². The lowest BCUT2D eigenvalue weighted by atomic mass is 10.4. The molecule has 0 amide bonds. The summed E-state index contributed by atoms with van der Waals surface area (Å²) in [5, 5.41) is 2.99. The second-order valence-electron chi connectivity index (χ2n) is 4.42. The molecule has 2 heterocycles. The van der Waals surface area contributed by atoms with Gasteiger partial charge in [-0.1, -0.05) is 0 Å². The van der Waals surface area contributed by atoms with Crippen LogP contribution in [0.3, 0.4) is 0 Å². The second-order valence-corrected chi connectivity index (χ2v) is 6.68. The van der Waals surface area contributed by atoms with Gasteiger partial charge in [-0.25, -0.2) is 18.4 Å². The van der Waals surface area contributed by atoms with Gasteiger partial charge in [-0.2, -0.15) is 0 Å². The Bertz CT molecular complexity index is 514. The molecule has 0 bridgehead atoms. The summed E-state index contributed by atoms with van der Waals surface area (Å²) in [4.78, 5) is 10.4. The molecule has 1 saturated heterocycles. The van der Waals surface area contributed by atoms with E-state index in [4.69, 9.17) is 4.74 Å². The van der Waals surface area contributed by atoms with Crippen LogP contribution in [0.15, 0.2) is 12.4 Å². The van der Waals surface area contributed by atoms with Crippen LogP contribution < -0.4 is 10.2 Å². The number of morpholine rings is 1. The van der Waals surface area contributed by atoms with E-state index in [1.54, 1.807) is 0 Å². The zero-order chi connectivity index (χ0) is 13.7. The van der Waals surface area contributed by atoms with E-state index in [0.29, 0.717) is 25.6 Å². The average molecular weight is 286 g/mol. The van der Waals surface area contributed by atoms with E-state index < -0.39 is 9.84 Å². The highest BCUT2D eigenvalue weighted by Crippen LogP contribution is 2.15. The van der Waals surface area contributed by atoms with Crippen LogP contribution >= 0.6 is 0 Å². The van der Waals surface area contributed by atoms with Crippen molar-refractivity contribution in [2.75, 3.05) is 55.1 Å². The molecular weight excluding hydrogens is 268 g/mol. The minimum Gasteiger partial charge on any atom is -0.378 e. The van der Waals surface area contributed by atoms with Crippen molar-refractivity contribution in [3.05, 3.63) is 12.4 Å². The quantitative estimate of drug-likeness (QED) is 0.800. The van der Waals surface area contributed by atoms with Gasteiger partial charge in [0.05, 0.1) is 19.0 Å². The van der Waals surface area contributed by atoms with E-state index in [2.05, 4.69) is 20.2 Å². The van der Waals surface area contributed by atoms with E-state index in [1.165, 1.54) is 12.6 Å². The van der Waals surface area contributed by atoms with Crippen molar-refractivity contribution in [3.63, 3.8) is 0 Å². The van der Waals surface area contributed by atoms with Crippen molar-refractivity contribution >= 4 is 21.5 Å². The highest BCUT2D eigenvalue weighted by atomic mass is 32.2. The Morgan fingerprint density at radius 3 is 2.79 bits per heavy atom. The summed E-state index contributed by atoms with van der Waals surface area (Å²) >= 11 is 0. The highest BCUT2D eigenvalue weighted by Gasteiger charge is 2.13. The fourth-order valence-corrected chi connectivity index (χ4v) is 2.25. The number of hydrogen-bond acceptors (Lipinski definition) is 7. The zero-order valence-electron chi connectivity index (χ0n) is 10.9. The van der Waals surface area contributed by atoms with Crippen molar-refractivity contribution in [1.82, 2.24) is 9.97 Å². The van der Waals surface area contributed by atoms with Crippen LogP contribution in [-0.2, 0) is 14.6 Å². The number of anilines is 2. The Hall–Kier alpha value is -1.41. The molecule has 0 aromatic carbocycles. The van der Waals surface area contributed by atoms with E-state index in [9.17, 15) is 8.42 Å². The van der Waals surface area contributed by atoms with Crippen LogP contribution in [0.4, 0.5) is 11.6 Å². The Labute approximate surface area is 112 Å². The van der Waals surface area contributed by atoms with E-state index in [-0.39, 0.29) is 5.75 Å². The first-order valence-corrected chi connectivity index (χ1v) is 8.17. The van der Waals surface area contributed by atoms with Crippen LogP contribution in [0, 0.1) is 0 Å². The summed E-state index contributed by atoms with van der Waals surface area (Å²) < 4.78 is 27.4. The van der Waals surface area contributed by atoms with Crippen molar-refractivity contribution in [2.45, 2.75) is 0 Å². The smallest absolute Gasteiger partial charge is 0.149 e. The van der Waals surface area contributed by atoms with Gasteiger partial charge < -0.3 is 15.0 Å². The standard InChI is InChI=1S/C11H18N4O3S/c1-19(16,17)7-2-12-10-8-11(14-9-13-10)15-3-5-18-6-4-15/h8-9H,2-7H2,1H3,(H,12,13,14). The molecule has 106 valence electrons. The van der Waals surface area contributed by atoms with Crippen LogP contribution in [0.5, 0.6) is 0 Å². The maximum absolute atomic E-state index is 11.0. The summed E-state index contributed by atoms with van der Waals surface area (Å²) in [6.45, 7) is 3.35. The average Bonchev–Trinajstić information content (AvgIpc) is 2.39. The largest absolute Gasteiger partial charge is 0.378 e. The molecule has 7 nitrogen and oxygen atoms in total. The lowest BCUT2D eigenvalue weighted by Gasteiger charge is -2.27. The molecule has 0 aliphatic carbocycles. The number of ether oxygens (including phenoxy) is 1. The van der Waals surface area contributed by atoms with Gasteiger partial charge in [0, 0.05) is 32.0 Å². The predicted octanol–water partition coefficient (Wildman–Crippen LogP) is -0.230. The van der Waals surface area contributed by atoms with Crippen molar-refractivity contribution in [1.29, 1.82) is 0 Å². The Morgan fingerprint density at radius 1 is 1.37 bits per heavy atom. The fourth-order valence-electron chi connectivity index (χ4n) is 1.77. The summed E-state index contributed by atoms with van der Waals surface area (Å²) in [7, 11) is -2.96. The minimum atomic E-state index is -2.96. The van der Waals surface area contributed by atoms with Crippen LogP contribution in [0.25, 0.3) is 0 Å². The highest BCUT2D eigenvalue weighted by molar-refractivity contribution is 7.90. The summed E-state index contributed by atoms with van der Waals surface area (Å²) in [6, 6.07) is 1.83. The molecule has 2 rings (SSSR count). The molecule has 1 aliphatic heterocycles. The molecule has 0 saturated carbocycles. The maximum atomic E-state index is 11.0. The van der Waals surface area contributed by atoms with Gasteiger partial charge in [0.2, 0.25) is 0 Å². The Morgan fingerprint density at radius 2 is 2.11 bits per heavy atom. The topological polar surface area (TPSA) is 84.4 Å². The number of hydrogen-bond donors (Lipinski definition) is 1. The van der Waals surface area contributed by atoms with Gasteiger partial charge in [0.1, 0.15) is 27.8 Å². The maximum Gasteiger partial charge on any atom is 0.149 e. The van der Waals surface area contributed by atoms with Gasteiger partial charge in [0.15, 0.2) is 0 Å². The van der Waals surface area contributed by atoms with Crippen LogP contribution in [0.1, 0.15) is 0 Å². The lowest BCUT2D eigenvalue weighted by Crippen LogP contribution is -2.36. The van der Waals surface area contributed by atoms with Crippen molar-refractivity contribution in [2.24, 2.45) is 0 Å². The Balaban J connectivity index is 1.94. The van der Waals surface area contributed by atoms with Crippen molar-refractivity contribution in [3.8, 4) is 0 Å². The number of sulfone groups is 1. The number of nitrogens with one attached hydrogen (secondary N) is 1. The molecule has 0 atom stereocenters. The number of rotatable bonds is 5. The first-order chi connectivity index (χ1) is 9.04. The molecule has 1 fully saturated rings. The normalized spacial score (nSPS) is 16.4. The molecule has 19 heavy (non-hydrogen) atoms. The van der Waals surface area contributed by atoms with Crippen LogP contribution in [0.2, 0.25) is 0 Å². The van der Waals surface area contributed by atoms with Gasteiger partial charge in [0.25, 0.3) is 0 Å². The first kappa shape index (κ1) is 14.0. The fraction of sp³-hybridized carbons (Fsp3) is 0.636. The summed E-state index contributed by atoms with van der Waals surface area (Å²) in [5.74, 6) is 1.56. The first-order valence-electron chi connectivity index (χ1n) is 6.11. The van der Waals surface area contributed by atoms with Gasteiger partial charge >= 0.3 is 0 Å². The molecule has 0 radical (unpaired) electrons. The third-order valence-corrected chi connectivity index (χ3v) is 3.71. The van der Waals surface area contributed by atoms with E-state index in [1.807, 2.05) is 6.07 Å². The number of aromatic nitrogens is 2. The molecule has 8 heteroatoms. The third kappa shape index (κ3) is 4.64. The Kier molecular flexibility index (Phi) is 4.54. The summed E-state index contributed by atoms with van der Waals surface area (Å²) in [6.07, 6.45) is 2.70. The zero-order valence-corrected chi connectivity index (χ0v) is 11.7. The lowest BCUT2D eigenvalue weighted by molar-refractivity contribution is 0.122. The predicted molar refractivity (Wildman–Crippen MR) is 73.3 cm³/mol. The SMILES string of the molecule is CS(=O)(=O)CCNc1cc(N2CCOCC2)ncn1. The molecule has 1 aromatic heterocycles. The second kappa shape index (κ2) is 6.16. The van der Waals surface area contributed by atoms with Gasteiger partial charge in [-0.05, 0) is 0 Å². The number of nitrogens with zero attached hydrogens (tertiary/aromatic N) is 3. The molecule has 1 aromatic rings. The van der Waals surface area contributed by atoms with Crippen LogP contribution in [-0.4, -0.2) is 63.2 Å². The van der Waals surface area contributed by atoms with Crippen molar-refractivity contribution < 1.29 is 13.2 Å². The van der Waals surface area contributed by atoms with E-state index >= 15 is 0 Å². The van der Waals surface area contributed by atoms with Gasteiger partial charge in [-0.3, -0.25) is 0 Å². The minimum absolute atomic E-state index is 0.0872.